The lowest BCUT2D eigenvalue weighted by molar-refractivity contribution is 0.204. The van der Waals surface area contributed by atoms with Crippen molar-refractivity contribution in [3.8, 4) is 0 Å². The third-order valence-electron chi connectivity index (χ3n) is 1.87. The largest absolute Gasteiger partial charge is 0.383 e. The molecule has 0 saturated heterocycles. The Hall–Kier alpha value is -1.17. The SMILES string of the molecule is COCCNC(=S)N/N=C/c1ccccc1Cl. The van der Waals surface area contributed by atoms with Crippen LogP contribution in [0.1, 0.15) is 5.56 Å². The summed E-state index contributed by atoms with van der Waals surface area (Å²) in [6.07, 6.45) is 1.62. The molecule has 0 fully saturated rings. The summed E-state index contributed by atoms with van der Waals surface area (Å²) in [5.41, 5.74) is 3.53. The number of thiocarbonyl (C=S) groups is 1. The zero-order chi connectivity index (χ0) is 12.5. The summed E-state index contributed by atoms with van der Waals surface area (Å²) in [5, 5.41) is 8.01. The van der Waals surface area contributed by atoms with Gasteiger partial charge in [-0.05, 0) is 18.3 Å². The van der Waals surface area contributed by atoms with E-state index in [9.17, 15) is 0 Å². The number of hydrogen-bond donors (Lipinski definition) is 2. The van der Waals surface area contributed by atoms with Crippen molar-refractivity contribution in [1.82, 2.24) is 10.7 Å². The van der Waals surface area contributed by atoms with Gasteiger partial charge in [0.25, 0.3) is 0 Å². The number of hydrogen-bond acceptors (Lipinski definition) is 3. The molecule has 0 aliphatic rings. The van der Waals surface area contributed by atoms with E-state index in [2.05, 4.69) is 15.8 Å². The van der Waals surface area contributed by atoms with Crippen molar-refractivity contribution < 1.29 is 4.74 Å². The molecule has 0 amide bonds. The van der Waals surface area contributed by atoms with E-state index in [1.807, 2.05) is 18.2 Å². The van der Waals surface area contributed by atoms with Gasteiger partial charge >= 0.3 is 0 Å². The van der Waals surface area contributed by atoms with Crippen LogP contribution in [0.25, 0.3) is 0 Å². The zero-order valence-corrected chi connectivity index (χ0v) is 11.0. The van der Waals surface area contributed by atoms with Gasteiger partial charge in [-0.15, -0.1) is 0 Å². The Morgan fingerprint density at radius 3 is 3.00 bits per heavy atom. The third kappa shape index (κ3) is 5.63. The van der Waals surface area contributed by atoms with Crippen LogP contribution in [0, 0.1) is 0 Å². The van der Waals surface area contributed by atoms with E-state index >= 15 is 0 Å². The summed E-state index contributed by atoms with van der Waals surface area (Å²) < 4.78 is 4.88. The van der Waals surface area contributed by atoms with E-state index in [-0.39, 0.29) is 0 Å². The number of nitrogens with one attached hydrogen (secondary N) is 2. The monoisotopic (exact) mass is 271 g/mol. The Kier molecular flexibility index (Phi) is 6.54. The highest BCUT2D eigenvalue weighted by Gasteiger charge is 1.94. The maximum atomic E-state index is 5.96. The van der Waals surface area contributed by atoms with Crippen LogP contribution >= 0.6 is 23.8 Å². The molecule has 2 N–H and O–H groups in total. The maximum absolute atomic E-state index is 5.96. The normalized spacial score (nSPS) is 10.5. The van der Waals surface area contributed by atoms with Gasteiger partial charge in [-0.25, -0.2) is 0 Å². The van der Waals surface area contributed by atoms with Crippen LogP contribution in [-0.2, 0) is 4.74 Å². The van der Waals surface area contributed by atoms with Gasteiger partial charge in [-0.1, -0.05) is 29.8 Å². The summed E-state index contributed by atoms with van der Waals surface area (Å²) in [6, 6.07) is 7.43. The van der Waals surface area contributed by atoms with Gasteiger partial charge in [-0.2, -0.15) is 5.10 Å². The second-order valence-electron chi connectivity index (χ2n) is 3.14. The third-order valence-corrected chi connectivity index (χ3v) is 2.45. The number of halogens is 1. The second-order valence-corrected chi connectivity index (χ2v) is 3.96. The fraction of sp³-hybridized carbons (Fsp3) is 0.273. The summed E-state index contributed by atoms with van der Waals surface area (Å²) >= 11 is 10.9. The van der Waals surface area contributed by atoms with E-state index in [4.69, 9.17) is 28.6 Å². The molecule has 0 unspecified atom stereocenters. The standard InChI is InChI=1S/C11H14ClN3OS/c1-16-7-6-13-11(17)15-14-8-9-4-2-3-5-10(9)12/h2-5,8H,6-7H2,1H3,(H2,13,15,17)/b14-8+. The molecule has 0 aromatic heterocycles. The van der Waals surface area contributed by atoms with Crippen molar-refractivity contribution in [3.05, 3.63) is 34.9 Å². The summed E-state index contributed by atoms with van der Waals surface area (Å²) in [4.78, 5) is 0. The minimum atomic E-state index is 0.449. The maximum Gasteiger partial charge on any atom is 0.187 e. The molecule has 1 aromatic rings. The van der Waals surface area contributed by atoms with E-state index in [0.717, 1.165) is 5.56 Å². The van der Waals surface area contributed by atoms with Gasteiger partial charge in [0.2, 0.25) is 0 Å². The van der Waals surface area contributed by atoms with Crippen molar-refractivity contribution >= 4 is 35.1 Å². The lowest BCUT2D eigenvalue weighted by atomic mass is 10.2. The fourth-order valence-electron chi connectivity index (χ4n) is 1.05. The van der Waals surface area contributed by atoms with Crippen LogP contribution in [0.5, 0.6) is 0 Å². The Bertz CT molecular complexity index is 398. The van der Waals surface area contributed by atoms with Gasteiger partial charge in [0, 0.05) is 24.2 Å². The Balaban J connectivity index is 2.35. The van der Waals surface area contributed by atoms with Crippen molar-refractivity contribution in [2.24, 2.45) is 5.10 Å². The van der Waals surface area contributed by atoms with Gasteiger partial charge in [-0.3, -0.25) is 5.43 Å². The molecule has 4 nitrogen and oxygen atoms in total. The fourth-order valence-corrected chi connectivity index (χ4v) is 1.39. The van der Waals surface area contributed by atoms with Gasteiger partial charge in [0.15, 0.2) is 5.11 Å². The predicted molar refractivity (Wildman–Crippen MR) is 74.7 cm³/mol. The highest BCUT2D eigenvalue weighted by atomic mass is 35.5. The Morgan fingerprint density at radius 1 is 1.53 bits per heavy atom. The Labute approximate surface area is 111 Å². The van der Waals surface area contributed by atoms with Gasteiger partial charge < -0.3 is 10.1 Å². The highest BCUT2D eigenvalue weighted by molar-refractivity contribution is 7.80. The van der Waals surface area contributed by atoms with Crippen LogP contribution in [0.4, 0.5) is 0 Å². The lowest BCUT2D eigenvalue weighted by Gasteiger charge is -2.05. The van der Waals surface area contributed by atoms with Crippen molar-refractivity contribution in [2.75, 3.05) is 20.3 Å². The summed E-state index contributed by atoms with van der Waals surface area (Å²) in [5.74, 6) is 0. The number of rotatable bonds is 5. The van der Waals surface area contributed by atoms with Gasteiger partial charge in [0.05, 0.1) is 12.8 Å². The predicted octanol–water partition coefficient (Wildman–Crippen LogP) is 1.78. The van der Waals surface area contributed by atoms with Crippen molar-refractivity contribution in [3.63, 3.8) is 0 Å². The molecule has 0 aliphatic carbocycles. The van der Waals surface area contributed by atoms with Crippen LogP contribution in [-0.4, -0.2) is 31.6 Å². The summed E-state index contributed by atoms with van der Waals surface area (Å²) in [7, 11) is 1.63. The zero-order valence-electron chi connectivity index (χ0n) is 9.44. The molecule has 6 heteroatoms. The smallest absolute Gasteiger partial charge is 0.187 e. The number of ether oxygens (including phenoxy) is 1. The number of nitrogens with zero attached hydrogens (tertiary/aromatic N) is 1. The molecule has 0 aliphatic heterocycles. The molecule has 0 saturated carbocycles. The second kappa shape index (κ2) is 8.00. The molecule has 1 aromatic carbocycles. The first-order valence-electron chi connectivity index (χ1n) is 5.04. The summed E-state index contributed by atoms with van der Waals surface area (Å²) in [6.45, 7) is 1.24. The first kappa shape index (κ1) is 13.9. The minimum Gasteiger partial charge on any atom is -0.383 e. The number of hydrazone groups is 1. The molecule has 0 radical (unpaired) electrons. The van der Waals surface area contributed by atoms with Crippen LogP contribution in [0.15, 0.2) is 29.4 Å². The Morgan fingerprint density at radius 2 is 2.29 bits per heavy atom. The van der Waals surface area contributed by atoms with Crippen molar-refractivity contribution in [1.29, 1.82) is 0 Å². The molecule has 0 heterocycles. The van der Waals surface area contributed by atoms with E-state index in [1.165, 1.54) is 0 Å². The van der Waals surface area contributed by atoms with Crippen LogP contribution < -0.4 is 10.7 Å². The van der Waals surface area contributed by atoms with E-state index < -0.39 is 0 Å². The van der Waals surface area contributed by atoms with Gasteiger partial charge in [0.1, 0.15) is 0 Å². The molecule has 0 atom stereocenters. The lowest BCUT2D eigenvalue weighted by Crippen LogP contribution is -2.34. The first-order chi connectivity index (χ1) is 8.24. The van der Waals surface area contributed by atoms with Crippen molar-refractivity contribution in [2.45, 2.75) is 0 Å². The number of benzene rings is 1. The molecule has 0 spiro atoms. The van der Waals surface area contributed by atoms with E-state index in [0.29, 0.717) is 23.3 Å². The number of methoxy groups -OCH3 is 1. The first-order valence-corrected chi connectivity index (χ1v) is 5.83. The average molecular weight is 272 g/mol. The minimum absolute atomic E-state index is 0.449. The average Bonchev–Trinajstić information content (AvgIpc) is 2.32. The molecular formula is C11H14ClN3OS. The molecule has 0 bridgehead atoms. The van der Waals surface area contributed by atoms with E-state index in [1.54, 1.807) is 19.4 Å². The molecular weight excluding hydrogens is 258 g/mol. The molecule has 92 valence electrons. The molecule has 17 heavy (non-hydrogen) atoms. The van der Waals surface area contributed by atoms with Crippen LogP contribution in [0.3, 0.4) is 0 Å². The van der Waals surface area contributed by atoms with Crippen LogP contribution in [0.2, 0.25) is 5.02 Å². The molecule has 1 rings (SSSR count). The topological polar surface area (TPSA) is 45.6 Å². The quantitative estimate of drug-likeness (QED) is 0.371. The highest BCUT2D eigenvalue weighted by Crippen LogP contribution is 2.11.